The maximum Gasteiger partial charge on any atom is 0.333 e. The number of carbonyl (C=O) groups is 2. The molecule has 1 fully saturated rings. The standard InChI is InChI=1S/C13H21NO5/c1-9(2)13(17)19-8-11(15)7-18-10(3)14-6-4-5-12(14)16/h10-11,15H,1,4-8H2,2-3H3. The molecule has 2 atom stereocenters. The molecule has 1 amide bonds. The second-order valence-electron chi connectivity index (χ2n) is 4.66. The van der Waals surface area contributed by atoms with Crippen molar-refractivity contribution < 1.29 is 24.2 Å². The minimum absolute atomic E-state index is 0.00835. The fraction of sp³-hybridized carbons (Fsp3) is 0.692. The summed E-state index contributed by atoms with van der Waals surface area (Å²) < 4.78 is 10.2. The second-order valence-corrected chi connectivity index (χ2v) is 4.66. The number of carbonyl (C=O) groups excluding carboxylic acids is 2. The number of hydrogen-bond acceptors (Lipinski definition) is 5. The highest BCUT2D eigenvalue weighted by atomic mass is 16.6. The van der Waals surface area contributed by atoms with Crippen LogP contribution in [0.15, 0.2) is 12.2 Å². The van der Waals surface area contributed by atoms with Crippen LogP contribution in [0.1, 0.15) is 26.7 Å². The average molecular weight is 271 g/mol. The van der Waals surface area contributed by atoms with Crippen LogP contribution in [0.2, 0.25) is 0 Å². The maximum absolute atomic E-state index is 11.5. The summed E-state index contributed by atoms with van der Waals surface area (Å²) >= 11 is 0. The minimum Gasteiger partial charge on any atom is -0.460 e. The average Bonchev–Trinajstić information content (AvgIpc) is 2.79. The van der Waals surface area contributed by atoms with Gasteiger partial charge in [-0.1, -0.05) is 6.58 Å². The molecule has 1 heterocycles. The van der Waals surface area contributed by atoms with E-state index in [2.05, 4.69) is 6.58 Å². The Hall–Kier alpha value is -1.40. The summed E-state index contributed by atoms with van der Waals surface area (Å²) in [4.78, 5) is 24.2. The van der Waals surface area contributed by atoms with E-state index >= 15 is 0 Å². The van der Waals surface area contributed by atoms with Gasteiger partial charge in [0.05, 0.1) is 6.61 Å². The molecule has 0 spiro atoms. The summed E-state index contributed by atoms with van der Waals surface area (Å²) in [5, 5.41) is 9.60. The number of aliphatic hydroxyl groups is 1. The number of amides is 1. The fourth-order valence-corrected chi connectivity index (χ4v) is 1.74. The molecule has 1 rings (SSSR count). The molecular weight excluding hydrogens is 250 g/mol. The largest absolute Gasteiger partial charge is 0.460 e. The summed E-state index contributed by atoms with van der Waals surface area (Å²) in [7, 11) is 0. The van der Waals surface area contributed by atoms with Crippen molar-refractivity contribution in [3.63, 3.8) is 0 Å². The van der Waals surface area contributed by atoms with Crippen LogP contribution < -0.4 is 0 Å². The van der Waals surface area contributed by atoms with Gasteiger partial charge in [-0.05, 0) is 20.3 Å². The molecule has 1 aliphatic rings. The van der Waals surface area contributed by atoms with Crippen LogP contribution in [0.25, 0.3) is 0 Å². The zero-order chi connectivity index (χ0) is 14.4. The Labute approximate surface area is 113 Å². The van der Waals surface area contributed by atoms with Crippen molar-refractivity contribution in [1.29, 1.82) is 0 Å². The van der Waals surface area contributed by atoms with Gasteiger partial charge in [0.25, 0.3) is 0 Å². The van der Waals surface area contributed by atoms with E-state index < -0.39 is 12.1 Å². The van der Waals surface area contributed by atoms with Gasteiger partial charge in [0.15, 0.2) is 0 Å². The molecule has 0 aliphatic carbocycles. The highest BCUT2D eigenvalue weighted by molar-refractivity contribution is 5.86. The van der Waals surface area contributed by atoms with Crippen LogP contribution in [0.4, 0.5) is 0 Å². The number of ether oxygens (including phenoxy) is 2. The van der Waals surface area contributed by atoms with Crippen LogP contribution in [-0.2, 0) is 19.1 Å². The Morgan fingerprint density at radius 3 is 2.74 bits per heavy atom. The summed E-state index contributed by atoms with van der Waals surface area (Å²) in [6.45, 7) is 7.27. The lowest BCUT2D eigenvalue weighted by atomic mass is 10.3. The van der Waals surface area contributed by atoms with Crippen molar-refractivity contribution in [3.8, 4) is 0 Å². The molecule has 108 valence electrons. The molecule has 0 aromatic rings. The zero-order valence-electron chi connectivity index (χ0n) is 11.4. The van der Waals surface area contributed by atoms with Gasteiger partial charge in [-0.3, -0.25) is 4.79 Å². The number of aliphatic hydroxyl groups excluding tert-OH is 1. The normalized spacial score (nSPS) is 18.3. The number of rotatable bonds is 7. The summed E-state index contributed by atoms with van der Waals surface area (Å²) in [6, 6.07) is 0. The Bertz CT molecular complexity index is 355. The molecule has 2 unspecified atom stereocenters. The van der Waals surface area contributed by atoms with Crippen molar-refractivity contribution in [1.82, 2.24) is 4.90 Å². The van der Waals surface area contributed by atoms with Crippen LogP contribution in [0.5, 0.6) is 0 Å². The van der Waals surface area contributed by atoms with E-state index in [1.54, 1.807) is 11.8 Å². The molecule has 0 bridgehead atoms. The molecular formula is C13H21NO5. The number of esters is 1. The van der Waals surface area contributed by atoms with Gasteiger partial charge in [0, 0.05) is 18.5 Å². The first-order valence-electron chi connectivity index (χ1n) is 6.33. The SMILES string of the molecule is C=C(C)C(=O)OCC(O)COC(C)N1CCCC1=O. The quantitative estimate of drug-likeness (QED) is 0.537. The molecule has 0 aromatic heterocycles. The van der Waals surface area contributed by atoms with Gasteiger partial charge in [0.2, 0.25) is 5.91 Å². The van der Waals surface area contributed by atoms with Crippen LogP contribution in [0.3, 0.4) is 0 Å². The van der Waals surface area contributed by atoms with Gasteiger partial charge in [-0.2, -0.15) is 0 Å². The van der Waals surface area contributed by atoms with Crippen molar-refractivity contribution in [2.45, 2.75) is 39.0 Å². The Kier molecular flexibility index (Phi) is 5.98. The van der Waals surface area contributed by atoms with Gasteiger partial charge >= 0.3 is 5.97 Å². The topological polar surface area (TPSA) is 76.1 Å². The third-order valence-electron chi connectivity index (χ3n) is 2.83. The Morgan fingerprint density at radius 1 is 1.53 bits per heavy atom. The smallest absolute Gasteiger partial charge is 0.333 e. The summed E-state index contributed by atoms with van der Waals surface area (Å²) in [6.07, 6.45) is 0.0996. The number of hydrogen-bond donors (Lipinski definition) is 1. The molecule has 1 N–H and O–H groups in total. The lowest BCUT2D eigenvalue weighted by molar-refractivity contribution is -0.148. The van der Waals surface area contributed by atoms with Crippen molar-refractivity contribution in [2.24, 2.45) is 0 Å². The predicted octanol–water partition coefficient (Wildman–Crippen LogP) is 0.452. The van der Waals surface area contributed by atoms with Gasteiger partial charge in [-0.25, -0.2) is 4.79 Å². The second kappa shape index (κ2) is 7.25. The van der Waals surface area contributed by atoms with E-state index in [9.17, 15) is 14.7 Å². The highest BCUT2D eigenvalue weighted by Gasteiger charge is 2.25. The van der Waals surface area contributed by atoms with E-state index in [-0.39, 0.29) is 30.9 Å². The molecule has 6 nitrogen and oxygen atoms in total. The Morgan fingerprint density at radius 2 is 2.21 bits per heavy atom. The molecule has 0 saturated carbocycles. The van der Waals surface area contributed by atoms with Crippen molar-refractivity contribution >= 4 is 11.9 Å². The van der Waals surface area contributed by atoms with Crippen LogP contribution in [-0.4, -0.2) is 54.0 Å². The van der Waals surface area contributed by atoms with Crippen molar-refractivity contribution in [3.05, 3.63) is 12.2 Å². The third-order valence-corrected chi connectivity index (χ3v) is 2.83. The van der Waals surface area contributed by atoms with E-state index in [1.165, 1.54) is 6.92 Å². The zero-order valence-corrected chi connectivity index (χ0v) is 11.4. The third kappa shape index (κ3) is 5.00. The number of likely N-dealkylation sites (tertiary alicyclic amines) is 1. The molecule has 0 radical (unpaired) electrons. The van der Waals surface area contributed by atoms with Crippen LogP contribution in [0, 0.1) is 0 Å². The molecule has 1 aliphatic heterocycles. The molecule has 19 heavy (non-hydrogen) atoms. The Balaban J connectivity index is 2.22. The lowest BCUT2D eigenvalue weighted by Crippen LogP contribution is -2.38. The highest BCUT2D eigenvalue weighted by Crippen LogP contribution is 2.14. The monoisotopic (exact) mass is 271 g/mol. The molecule has 0 aromatic carbocycles. The first-order chi connectivity index (χ1) is 8.91. The first-order valence-corrected chi connectivity index (χ1v) is 6.33. The van der Waals surface area contributed by atoms with Gasteiger partial charge in [0.1, 0.15) is 18.9 Å². The predicted molar refractivity (Wildman–Crippen MR) is 68.1 cm³/mol. The summed E-state index contributed by atoms with van der Waals surface area (Å²) in [5.41, 5.74) is 0.282. The van der Waals surface area contributed by atoms with E-state index in [4.69, 9.17) is 9.47 Å². The van der Waals surface area contributed by atoms with Gasteiger partial charge < -0.3 is 19.5 Å². The maximum atomic E-state index is 11.5. The minimum atomic E-state index is -0.913. The first kappa shape index (κ1) is 15.7. The lowest BCUT2D eigenvalue weighted by Gasteiger charge is -2.25. The summed E-state index contributed by atoms with van der Waals surface area (Å²) in [5.74, 6) is -0.475. The number of nitrogens with zero attached hydrogens (tertiary/aromatic N) is 1. The van der Waals surface area contributed by atoms with E-state index in [0.29, 0.717) is 13.0 Å². The van der Waals surface area contributed by atoms with E-state index in [0.717, 1.165) is 6.42 Å². The van der Waals surface area contributed by atoms with E-state index in [1.807, 2.05) is 0 Å². The van der Waals surface area contributed by atoms with Crippen LogP contribution >= 0.6 is 0 Å². The molecule has 6 heteroatoms. The van der Waals surface area contributed by atoms with Gasteiger partial charge in [-0.15, -0.1) is 0 Å². The van der Waals surface area contributed by atoms with Crippen molar-refractivity contribution in [2.75, 3.05) is 19.8 Å². The molecule has 1 saturated heterocycles. The fourth-order valence-electron chi connectivity index (χ4n) is 1.74.